The molecule has 0 aliphatic heterocycles. The summed E-state index contributed by atoms with van der Waals surface area (Å²) in [5.41, 5.74) is -0.961. The fourth-order valence-electron chi connectivity index (χ4n) is 3.37. The summed E-state index contributed by atoms with van der Waals surface area (Å²) < 4.78 is 29.4. The van der Waals surface area contributed by atoms with Crippen LogP contribution in [0.25, 0.3) is 11.4 Å². The average molecular weight is 451 g/mol. The molecule has 0 spiro atoms. The van der Waals surface area contributed by atoms with Gasteiger partial charge in [-0.25, -0.2) is 28.4 Å². The number of nitrogens with one attached hydrogen (secondary N) is 2. The summed E-state index contributed by atoms with van der Waals surface area (Å²) >= 11 is 0. The number of benzene rings is 1. The predicted octanol–water partition coefficient (Wildman–Crippen LogP) is 1.67. The largest absolute Gasteiger partial charge is 0.381 e. The van der Waals surface area contributed by atoms with Crippen LogP contribution in [0, 0.1) is 23.0 Å². The van der Waals surface area contributed by atoms with E-state index in [0.29, 0.717) is 17.2 Å². The van der Waals surface area contributed by atoms with Crippen molar-refractivity contribution in [1.82, 2.24) is 40.2 Å². The van der Waals surface area contributed by atoms with E-state index in [0.717, 1.165) is 12.1 Å². The molecular formula is C21H19F2N9O. The van der Waals surface area contributed by atoms with E-state index >= 15 is 0 Å². The van der Waals surface area contributed by atoms with Crippen LogP contribution in [0.15, 0.2) is 49.2 Å². The van der Waals surface area contributed by atoms with Crippen molar-refractivity contribution in [1.29, 1.82) is 5.26 Å². The molecule has 0 aliphatic carbocycles. The van der Waals surface area contributed by atoms with Gasteiger partial charge < -0.3 is 10.4 Å². The molecule has 2 atom stereocenters. The number of H-pyrrole nitrogens is 1. The third kappa shape index (κ3) is 4.74. The molecular weight excluding hydrogens is 432 g/mol. The minimum atomic E-state index is -1.79. The van der Waals surface area contributed by atoms with Crippen LogP contribution in [-0.2, 0) is 18.7 Å². The zero-order valence-corrected chi connectivity index (χ0v) is 17.4. The minimum Gasteiger partial charge on any atom is -0.381 e. The summed E-state index contributed by atoms with van der Waals surface area (Å²) in [7, 11) is 0. The second-order valence-corrected chi connectivity index (χ2v) is 7.39. The molecule has 10 nitrogen and oxygen atoms in total. The first-order valence-corrected chi connectivity index (χ1v) is 9.90. The first-order valence-electron chi connectivity index (χ1n) is 9.90. The fourth-order valence-corrected chi connectivity index (χ4v) is 3.37. The molecule has 3 aromatic heterocycles. The zero-order valence-electron chi connectivity index (χ0n) is 17.4. The van der Waals surface area contributed by atoms with Crippen molar-refractivity contribution in [2.75, 3.05) is 0 Å². The van der Waals surface area contributed by atoms with Crippen LogP contribution in [0.4, 0.5) is 8.78 Å². The molecule has 3 heterocycles. The van der Waals surface area contributed by atoms with Crippen molar-refractivity contribution in [3.63, 3.8) is 0 Å². The number of aromatic nitrogens is 7. The molecule has 0 bridgehead atoms. The lowest BCUT2D eigenvalue weighted by Crippen LogP contribution is -2.50. The van der Waals surface area contributed by atoms with Gasteiger partial charge in [-0.3, -0.25) is 5.10 Å². The van der Waals surface area contributed by atoms with E-state index in [1.165, 1.54) is 29.6 Å². The molecule has 0 aliphatic rings. The number of pyridine rings is 1. The highest BCUT2D eigenvalue weighted by Crippen LogP contribution is 2.30. The Morgan fingerprint density at radius 2 is 2.15 bits per heavy atom. The van der Waals surface area contributed by atoms with Crippen molar-refractivity contribution in [3.8, 4) is 17.5 Å². The van der Waals surface area contributed by atoms with Gasteiger partial charge in [-0.15, -0.1) is 0 Å². The molecule has 168 valence electrons. The van der Waals surface area contributed by atoms with Gasteiger partial charge in [-0.05, 0) is 25.1 Å². The Kier molecular flexibility index (Phi) is 6.16. The van der Waals surface area contributed by atoms with E-state index in [-0.39, 0.29) is 24.3 Å². The Morgan fingerprint density at radius 1 is 1.30 bits per heavy atom. The van der Waals surface area contributed by atoms with Crippen LogP contribution in [0.5, 0.6) is 0 Å². The maximum Gasteiger partial charge on any atom is 0.182 e. The number of aromatic amines is 1. The van der Waals surface area contributed by atoms with Gasteiger partial charge in [0.15, 0.2) is 5.82 Å². The van der Waals surface area contributed by atoms with Gasteiger partial charge >= 0.3 is 0 Å². The van der Waals surface area contributed by atoms with Gasteiger partial charge in [0.2, 0.25) is 0 Å². The van der Waals surface area contributed by atoms with Crippen molar-refractivity contribution in [3.05, 3.63) is 77.9 Å². The quantitative estimate of drug-likeness (QED) is 0.367. The highest BCUT2D eigenvalue weighted by Gasteiger charge is 2.39. The molecule has 0 saturated carbocycles. The van der Waals surface area contributed by atoms with Crippen LogP contribution in [0.2, 0.25) is 0 Å². The maximum atomic E-state index is 14.6. The number of rotatable bonds is 8. The van der Waals surface area contributed by atoms with Gasteiger partial charge in [-0.2, -0.15) is 15.5 Å². The monoisotopic (exact) mass is 451 g/mol. The Bertz CT molecular complexity index is 1270. The van der Waals surface area contributed by atoms with Crippen molar-refractivity contribution < 1.29 is 13.9 Å². The van der Waals surface area contributed by atoms with E-state index in [9.17, 15) is 13.9 Å². The molecule has 0 radical (unpaired) electrons. The molecule has 3 N–H and O–H groups in total. The molecule has 33 heavy (non-hydrogen) atoms. The van der Waals surface area contributed by atoms with Crippen molar-refractivity contribution in [2.45, 2.75) is 31.7 Å². The fraction of sp³-hybridized carbons (Fsp3) is 0.238. The maximum absolute atomic E-state index is 14.6. The summed E-state index contributed by atoms with van der Waals surface area (Å²) in [6.07, 6.45) is 4.19. The summed E-state index contributed by atoms with van der Waals surface area (Å²) in [5, 5.41) is 34.4. The number of halogens is 2. The zero-order chi connectivity index (χ0) is 23.4. The van der Waals surface area contributed by atoms with Crippen LogP contribution in [-0.4, -0.2) is 46.1 Å². The Morgan fingerprint density at radius 3 is 2.82 bits per heavy atom. The number of aliphatic hydroxyl groups is 1. The van der Waals surface area contributed by atoms with E-state index in [2.05, 4.69) is 35.6 Å². The number of hydrogen-bond donors (Lipinski definition) is 3. The third-order valence-corrected chi connectivity index (χ3v) is 5.23. The lowest BCUT2D eigenvalue weighted by molar-refractivity contribution is -0.0207. The van der Waals surface area contributed by atoms with E-state index in [4.69, 9.17) is 5.26 Å². The number of nitrogens with zero attached hydrogens (tertiary/aromatic N) is 7. The first-order chi connectivity index (χ1) is 15.9. The third-order valence-electron chi connectivity index (χ3n) is 5.23. The molecule has 0 saturated heterocycles. The highest BCUT2D eigenvalue weighted by atomic mass is 19.1. The van der Waals surface area contributed by atoms with Gasteiger partial charge in [0, 0.05) is 29.4 Å². The van der Waals surface area contributed by atoms with E-state index in [1.807, 2.05) is 6.07 Å². The van der Waals surface area contributed by atoms with Crippen molar-refractivity contribution in [2.24, 2.45) is 0 Å². The van der Waals surface area contributed by atoms with Gasteiger partial charge in [0.25, 0.3) is 0 Å². The van der Waals surface area contributed by atoms with Crippen LogP contribution in [0.3, 0.4) is 0 Å². The molecule has 4 rings (SSSR count). The standard InChI is InChI=1S/C21H19F2N9O/c1-13(26-9-19-29-20(31-30-19)14-2-4-16(7-24)27-8-14)21(33,10-32-12-25-11-28-32)17-5-3-15(22)6-18(17)23/h2-6,8,11-13,26,33H,9-10H2,1H3,(H,29,30,31)/t13-,21-/m1/s1. The van der Waals surface area contributed by atoms with E-state index in [1.54, 1.807) is 19.1 Å². The topological polar surface area (TPSA) is 141 Å². The lowest BCUT2D eigenvalue weighted by Gasteiger charge is -2.35. The van der Waals surface area contributed by atoms with Gasteiger partial charge in [-0.1, -0.05) is 6.07 Å². The smallest absolute Gasteiger partial charge is 0.182 e. The number of nitriles is 1. The van der Waals surface area contributed by atoms with E-state index < -0.39 is 23.3 Å². The molecule has 0 unspecified atom stereocenters. The normalized spacial score (nSPS) is 13.9. The molecule has 1 aromatic carbocycles. The SMILES string of the molecule is C[C@@H](NCc1nc(-c2ccc(C#N)nc2)n[nH]1)[C@](O)(Cn1cncn1)c1ccc(F)cc1F. The van der Waals surface area contributed by atoms with Crippen molar-refractivity contribution >= 4 is 0 Å². The lowest BCUT2D eigenvalue weighted by atomic mass is 9.86. The Balaban J connectivity index is 1.53. The highest BCUT2D eigenvalue weighted by molar-refractivity contribution is 5.53. The Hall–Kier alpha value is -4.08. The summed E-state index contributed by atoms with van der Waals surface area (Å²) in [6.45, 7) is 1.71. The molecule has 12 heteroatoms. The first kappa shape index (κ1) is 22.1. The molecule has 0 fully saturated rings. The summed E-state index contributed by atoms with van der Waals surface area (Å²) in [5.74, 6) is -0.768. The molecule has 0 amide bonds. The summed E-state index contributed by atoms with van der Waals surface area (Å²) in [6, 6.07) is 7.50. The average Bonchev–Trinajstić information content (AvgIpc) is 3.49. The van der Waals surface area contributed by atoms with Crippen LogP contribution < -0.4 is 5.32 Å². The Labute approximate surface area is 187 Å². The second-order valence-electron chi connectivity index (χ2n) is 7.39. The summed E-state index contributed by atoms with van der Waals surface area (Å²) in [4.78, 5) is 12.2. The molecule has 4 aromatic rings. The minimum absolute atomic E-state index is 0.0821. The van der Waals surface area contributed by atoms with Gasteiger partial charge in [0.05, 0.1) is 13.1 Å². The van der Waals surface area contributed by atoms with Crippen LogP contribution in [0.1, 0.15) is 24.0 Å². The van der Waals surface area contributed by atoms with Gasteiger partial charge in [0.1, 0.15) is 47.5 Å². The number of hydrogen-bond acceptors (Lipinski definition) is 8. The predicted molar refractivity (Wildman–Crippen MR) is 111 cm³/mol. The second kappa shape index (κ2) is 9.19. The van der Waals surface area contributed by atoms with Crippen LogP contribution >= 0.6 is 0 Å².